The summed E-state index contributed by atoms with van der Waals surface area (Å²) in [6.45, 7) is 4.31. The standard InChI is InChI=1S/C8H13NO3.ClH/c1-2-7(8(10)11)9-3-5-12-6-4-9;/h2H,3-6H2,1H3,(H,10,11);1H. The highest BCUT2D eigenvalue weighted by Crippen LogP contribution is 2.07. The SMILES string of the molecule is CC=C(C(=O)O)N1CCOCC1.Cl. The molecular formula is C8H14ClNO3. The van der Waals surface area contributed by atoms with E-state index in [9.17, 15) is 4.79 Å². The van der Waals surface area contributed by atoms with Crippen molar-refractivity contribution < 1.29 is 14.6 Å². The first-order chi connectivity index (χ1) is 5.75. The lowest BCUT2D eigenvalue weighted by molar-refractivity contribution is -0.135. The summed E-state index contributed by atoms with van der Waals surface area (Å²) in [5.41, 5.74) is 0.373. The third-order valence-electron chi connectivity index (χ3n) is 1.84. The number of carbonyl (C=O) groups is 1. The second-order valence-electron chi connectivity index (χ2n) is 2.58. The van der Waals surface area contributed by atoms with E-state index in [0.717, 1.165) is 0 Å². The Labute approximate surface area is 83.6 Å². The third kappa shape index (κ3) is 3.24. The number of carboxylic acid groups (broad SMARTS) is 1. The Bertz CT molecular complexity index is 200. The van der Waals surface area contributed by atoms with Gasteiger partial charge in [-0.15, -0.1) is 12.4 Å². The van der Waals surface area contributed by atoms with Crippen molar-refractivity contribution in [2.24, 2.45) is 0 Å². The van der Waals surface area contributed by atoms with Crippen molar-refractivity contribution in [3.05, 3.63) is 11.8 Å². The van der Waals surface area contributed by atoms with Crippen molar-refractivity contribution >= 4 is 18.4 Å². The lowest BCUT2D eigenvalue weighted by Crippen LogP contribution is -2.37. The van der Waals surface area contributed by atoms with E-state index in [1.807, 2.05) is 4.90 Å². The van der Waals surface area contributed by atoms with E-state index in [0.29, 0.717) is 32.0 Å². The van der Waals surface area contributed by atoms with Crippen LogP contribution in [0.25, 0.3) is 0 Å². The molecule has 13 heavy (non-hydrogen) atoms. The van der Waals surface area contributed by atoms with Gasteiger partial charge in [-0.3, -0.25) is 0 Å². The lowest BCUT2D eigenvalue weighted by Gasteiger charge is -2.28. The van der Waals surface area contributed by atoms with Crippen LogP contribution < -0.4 is 0 Å². The fourth-order valence-corrected chi connectivity index (χ4v) is 1.25. The molecule has 1 N–H and O–H groups in total. The van der Waals surface area contributed by atoms with Gasteiger partial charge in [-0.1, -0.05) is 6.08 Å². The van der Waals surface area contributed by atoms with Crippen LogP contribution in [0.2, 0.25) is 0 Å². The molecule has 0 spiro atoms. The number of ether oxygens (including phenoxy) is 1. The van der Waals surface area contributed by atoms with Crippen molar-refractivity contribution in [3.63, 3.8) is 0 Å². The van der Waals surface area contributed by atoms with Crippen LogP contribution in [-0.4, -0.2) is 42.3 Å². The van der Waals surface area contributed by atoms with Gasteiger partial charge in [0.25, 0.3) is 0 Å². The summed E-state index contributed by atoms with van der Waals surface area (Å²) in [7, 11) is 0. The quantitative estimate of drug-likeness (QED) is 0.679. The van der Waals surface area contributed by atoms with Crippen molar-refractivity contribution in [1.82, 2.24) is 4.90 Å². The summed E-state index contributed by atoms with van der Waals surface area (Å²) in [4.78, 5) is 12.5. The summed E-state index contributed by atoms with van der Waals surface area (Å²) in [5, 5.41) is 8.77. The van der Waals surface area contributed by atoms with Gasteiger partial charge in [0.1, 0.15) is 5.70 Å². The topological polar surface area (TPSA) is 49.8 Å². The molecule has 1 fully saturated rings. The highest BCUT2D eigenvalue weighted by Gasteiger charge is 2.17. The molecular weight excluding hydrogens is 194 g/mol. The average Bonchev–Trinajstić information content (AvgIpc) is 2.07. The minimum Gasteiger partial charge on any atom is -0.477 e. The second-order valence-corrected chi connectivity index (χ2v) is 2.58. The van der Waals surface area contributed by atoms with Gasteiger partial charge < -0.3 is 14.7 Å². The van der Waals surface area contributed by atoms with Gasteiger partial charge in [0, 0.05) is 13.1 Å². The van der Waals surface area contributed by atoms with E-state index in [1.165, 1.54) is 0 Å². The molecule has 5 heteroatoms. The number of morpholine rings is 1. The maximum atomic E-state index is 10.7. The fourth-order valence-electron chi connectivity index (χ4n) is 1.25. The van der Waals surface area contributed by atoms with Crippen LogP contribution >= 0.6 is 12.4 Å². The zero-order chi connectivity index (χ0) is 8.97. The molecule has 1 aliphatic rings. The predicted molar refractivity (Wildman–Crippen MR) is 51.0 cm³/mol. The smallest absolute Gasteiger partial charge is 0.351 e. The molecule has 1 saturated heterocycles. The largest absolute Gasteiger partial charge is 0.477 e. The van der Waals surface area contributed by atoms with Crippen LogP contribution in [0.1, 0.15) is 6.92 Å². The van der Waals surface area contributed by atoms with Crippen molar-refractivity contribution in [2.75, 3.05) is 26.3 Å². The Morgan fingerprint density at radius 3 is 2.38 bits per heavy atom. The molecule has 0 aromatic carbocycles. The van der Waals surface area contributed by atoms with Gasteiger partial charge in [0.15, 0.2) is 0 Å². The summed E-state index contributed by atoms with van der Waals surface area (Å²) in [5.74, 6) is -0.862. The van der Waals surface area contributed by atoms with E-state index < -0.39 is 5.97 Å². The Morgan fingerprint density at radius 2 is 2.00 bits per heavy atom. The maximum Gasteiger partial charge on any atom is 0.351 e. The summed E-state index contributed by atoms with van der Waals surface area (Å²) >= 11 is 0. The first kappa shape index (κ1) is 12.3. The zero-order valence-electron chi connectivity index (χ0n) is 7.52. The number of nitrogens with zero attached hydrogens (tertiary/aromatic N) is 1. The first-order valence-corrected chi connectivity index (χ1v) is 3.98. The summed E-state index contributed by atoms with van der Waals surface area (Å²) in [6.07, 6.45) is 1.62. The molecule has 0 bridgehead atoms. The first-order valence-electron chi connectivity index (χ1n) is 3.98. The monoisotopic (exact) mass is 207 g/mol. The maximum absolute atomic E-state index is 10.7. The van der Waals surface area contributed by atoms with E-state index in [-0.39, 0.29) is 12.4 Å². The molecule has 0 aromatic heterocycles. The van der Waals surface area contributed by atoms with Gasteiger partial charge in [0.2, 0.25) is 0 Å². The van der Waals surface area contributed by atoms with Gasteiger partial charge >= 0.3 is 5.97 Å². The van der Waals surface area contributed by atoms with Gasteiger partial charge in [0.05, 0.1) is 13.2 Å². The Balaban J connectivity index is 0.00000144. The molecule has 0 aliphatic carbocycles. The number of aliphatic carboxylic acids is 1. The zero-order valence-corrected chi connectivity index (χ0v) is 8.34. The fraction of sp³-hybridized carbons (Fsp3) is 0.625. The molecule has 1 heterocycles. The number of hydrogen-bond donors (Lipinski definition) is 1. The minimum absolute atomic E-state index is 0. The Kier molecular flexibility index (Phi) is 5.50. The van der Waals surface area contributed by atoms with Gasteiger partial charge in [-0.25, -0.2) is 4.79 Å². The molecule has 0 amide bonds. The molecule has 0 atom stereocenters. The van der Waals surface area contributed by atoms with Crippen LogP contribution in [0, 0.1) is 0 Å². The molecule has 0 aromatic rings. The van der Waals surface area contributed by atoms with E-state index in [2.05, 4.69) is 0 Å². The molecule has 0 saturated carbocycles. The highest BCUT2D eigenvalue weighted by molar-refractivity contribution is 5.85. The van der Waals surface area contributed by atoms with Crippen LogP contribution in [0.4, 0.5) is 0 Å². The van der Waals surface area contributed by atoms with E-state index >= 15 is 0 Å². The number of rotatable bonds is 2. The van der Waals surface area contributed by atoms with Gasteiger partial charge in [-0.05, 0) is 6.92 Å². The Hall–Kier alpha value is -0.740. The molecule has 0 radical (unpaired) electrons. The number of allylic oxidation sites excluding steroid dienone is 1. The second kappa shape index (κ2) is 5.83. The highest BCUT2D eigenvalue weighted by atomic mass is 35.5. The van der Waals surface area contributed by atoms with Crippen LogP contribution in [-0.2, 0) is 9.53 Å². The van der Waals surface area contributed by atoms with Crippen LogP contribution in [0.15, 0.2) is 11.8 Å². The number of carboxylic acids is 1. The molecule has 76 valence electrons. The molecule has 0 unspecified atom stereocenters. The number of halogens is 1. The van der Waals surface area contributed by atoms with Gasteiger partial charge in [-0.2, -0.15) is 0 Å². The van der Waals surface area contributed by atoms with Crippen LogP contribution in [0.3, 0.4) is 0 Å². The van der Waals surface area contributed by atoms with Crippen molar-refractivity contribution in [2.45, 2.75) is 6.92 Å². The van der Waals surface area contributed by atoms with E-state index in [4.69, 9.17) is 9.84 Å². The lowest BCUT2D eigenvalue weighted by atomic mass is 10.3. The minimum atomic E-state index is -0.862. The Morgan fingerprint density at radius 1 is 1.46 bits per heavy atom. The number of hydrogen-bond acceptors (Lipinski definition) is 3. The van der Waals surface area contributed by atoms with Crippen LogP contribution in [0.5, 0.6) is 0 Å². The molecule has 4 nitrogen and oxygen atoms in total. The summed E-state index contributed by atoms with van der Waals surface area (Å²) in [6, 6.07) is 0. The predicted octanol–water partition coefficient (Wildman–Crippen LogP) is 0.729. The summed E-state index contributed by atoms with van der Waals surface area (Å²) < 4.78 is 5.11. The normalized spacial score (nSPS) is 17.9. The third-order valence-corrected chi connectivity index (χ3v) is 1.84. The van der Waals surface area contributed by atoms with Crippen molar-refractivity contribution in [3.8, 4) is 0 Å². The molecule has 1 aliphatic heterocycles. The van der Waals surface area contributed by atoms with Crippen molar-refractivity contribution in [1.29, 1.82) is 0 Å². The average molecular weight is 208 g/mol. The van der Waals surface area contributed by atoms with E-state index in [1.54, 1.807) is 13.0 Å². The molecule has 1 rings (SSSR count).